The van der Waals surface area contributed by atoms with Crippen LogP contribution in [0.25, 0.3) is 28.2 Å². The smallest absolute Gasteiger partial charge is 0.407 e. The Morgan fingerprint density at radius 3 is 2.50 bits per heavy atom. The Bertz CT molecular complexity index is 2380. The van der Waals surface area contributed by atoms with E-state index in [0.29, 0.717) is 66.6 Å². The maximum absolute atomic E-state index is 15.1. The van der Waals surface area contributed by atoms with Gasteiger partial charge in [0.15, 0.2) is 0 Å². The molecule has 3 saturated carbocycles. The molecule has 330 valence electrons. The van der Waals surface area contributed by atoms with E-state index in [4.69, 9.17) is 19.2 Å². The van der Waals surface area contributed by atoms with Crippen LogP contribution in [0.3, 0.4) is 0 Å². The van der Waals surface area contributed by atoms with E-state index in [-0.39, 0.29) is 37.3 Å². The second-order valence-electron chi connectivity index (χ2n) is 18.3. The molecule has 15 heteroatoms. The van der Waals surface area contributed by atoms with E-state index in [1.165, 1.54) is 11.0 Å². The van der Waals surface area contributed by atoms with Crippen molar-refractivity contribution in [2.75, 3.05) is 20.3 Å². The number of sulfonamides is 1. The first-order valence-electron chi connectivity index (χ1n) is 21.9. The first-order valence-corrected chi connectivity index (χ1v) is 23.4. The van der Waals surface area contributed by atoms with Crippen molar-refractivity contribution in [3.05, 3.63) is 72.8 Å². The van der Waals surface area contributed by atoms with Gasteiger partial charge in [-0.15, -0.1) is 6.58 Å². The van der Waals surface area contributed by atoms with E-state index in [9.17, 15) is 22.8 Å². The highest BCUT2D eigenvalue weighted by atomic mass is 32.2. The molecule has 3 N–H and O–H groups in total. The number of fused-ring (bicyclic) bond motifs is 3. The minimum Gasteiger partial charge on any atom is -0.496 e. The van der Waals surface area contributed by atoms with Gasteiger partial charge in [-0.3, -0.25) is 19.1 Å². The Hall–Kier alpha value is -5.44. The van der Waals surface area contributed by atoms with Gasteiger partial charge in [0, 0.05) is 41.0 Å². The average molecular weight is 868 g/mol. The molecule has 62 heavy (non-hydrogen) atoms. The highest BCUT2D eigenvalue weighted by Crippen LogP contribution is 2.46. The molecule has 0 radical (unpaired) electrons. The predicted octanol–water partition coefficient (Wildman–Crippen LogP) is 6.44. The van der Waals surface area contributed by atoms with Crippen LogP contribution in [0.1, 0.15) is 90.0 Å². The molecule has 1 aromatic heterocycles. The molecule has 3 aliphatic carbocycles. The Labute approximate surface area is 363 Å². The van der Waals surface area contributed by atoms with Crippen LogP contribution in [0.2, 0.25) is 0 Å². The van der Waals surface area contributed by atoms with Crippen molar-refractivity contribution >= 4 is 50.8 Å². The van der Waals surface area contributed by atoms with Crippen molar-refractivity contribution in [3.8, 4) is 22.8 Å². The molecule has 4 bridgehead atoms. The van der Waals surface area contributed by atoms with Gasteiger partial charge in [0.1, 0.15) is 35.2 Å². The molecule has 14 nitrogen and oxygen atoms in total. The summed E-state index contributed by atoms with van der Waals surface area (Å²) in [6.45, 7) is 7.98. The van der Waals surface area contributed by atoms with Crippen LogP contribution in [0.5, 0.6) is 11.5 Å². The number of hydrogen-bond donors (Lipinski definition) is 3. The Morgan fingerprint density at radius 1 is 1.05 bits per heavy atom. The summed E-state index contributed by atoms with van der Waals surface area (Å²) in [4.78, 5) is 63.6. The number of carbonyl (C=O) groups is 4. The number of amides is 4. The summed E-state index contributed by atoms with van der Waals surface area (Å²) >= 11 is 0. The Balaban J connectivity index is 1.20. The molecule has 8 rings (SSSR count). The van der Waals surface area contributed by atoms with Crippen LogP contribution in [0, 0.1) is 17.3 Å². The molecule has 0 spiro atoms. The zero-order chi connectivity index (χ0) is 43.8. The number of nitrogens with one attached hydrogen (secondary N) is 3. The van der Waals surface area contributed by atoms with Gasteiger partial charge in [-0.25, -0.2) is 18.2 Å². The summed E-state index contributed by atoms with van der Waals surface area (Å²) in [5.74, 6) is -1.54. The summed E-state index contributed by atoms with van der Waals surface area (Å²) < 4.78 is 46.5. The highest BCUT2D eigenvalue weighted by molar-refractivity contribution is 7.91. The number of allylic oxidation sites excluding steroid dienone is 1. The minimum atomic E-state index is -3.92. The van der Waals surface area contributed by atoms with Crippen LogP contribution in [0.4, 0.5) is 4.79 Å². The van der Waals surface area contributed by atoms with E-state index in [2.05, 4.69) is 28.0 Å². The number of alkyl carbamates (subject to hydrolysis) is 1. The number of hydrogen-bond acceptors (Lipinski definition) is 10. The summed E-state index contributed by atoms with van der Waals surface area (Å²) in [5, 5.41) is 5.86. The third-order valence-corrected chi connectivity index (χ3v) is 14.9. The normalized spacial score (nSPS) is 26.9. The fourth-order valence-electron chi connectivity index (χ4n) is 9.19. The zero-order valence-corrected chi connectivity index (χ0v) is 36.5. The van der Waals surface area contributed by atoms with Crippen LogP contribution >= 0.6 is 0 Å². The van der Waals surface area contributed by atoms with Crippen molar-refractivity contribution in [2.45, 2.75) is 113 Å². The van der Waals surface area contributed by atoms with Crippen molar-refractivity contribution in [3.63, 3.8) is 0 Å². The molecule has 3 aromatic rings. The van der Waals surface area contributed by atoms with Gasteiger partial charge in [-0.05, 0) is 62.3 Å². The third kappa shape index (κ3) is 9.18. The number of cyclic esters (lactones) is 1. The number of nitrogens with zero attached hydrogens (tertiary/aromatic N) is 2. The molecule has 2 aromatic carbocycles. The summed E-state index contributed by atoms with van der Waals surface area (Å²) in [5.41, 5.74) is 0.980. The molecular weight excluding hydrogens is 811 g/mol. The lowest BCUT2D eigenvalue weighted by atomic mass is 9.83. The summed E-state index contributed by atoms with van der Waals surface area (Å²) in [7, 11) is -2.31. The van der Waals surface area contributed by atoms with E-state index < -0.39 is 68.7 Å². The number of carbonyl (C=O) groups excluding carboxylic acids is 4. The van der Waals surface area contributed by atoms with Gasteiger partial charge in [-0.2, -0.15) is 0 Å². The van der Waals surface area contributed by atoms with Gasteiger partial charge in [-0.1, -0.05) is 81.7 Å². The molecule has 4 amide bonds. The predicted molar refractivity (Wildman–Crippen MR) is 234 cm³/mol. The lowest BCUT2D eigenvalue weighted by Crippen LogP contribution is -2.59. The Morgan fingerprint density at radius 2 is 1.81 bits per heavy atom. The van der Waals surface area contributed by atoms with E-state index in [1.807, 2.05) is 68.5 Å². The van der Waals surface area contributed by atoms with Crippen molar-refractivity contribution < 1.29 is 41.8 Å². The fraction of sp³-hybridized carbons (Fsp3) is 0.511. The first kappa shape index (κ1) is 43.2. The second-order valence-corrected chi connectivity index (χ2v) is 20.3. The first-order chi connectivity index (χ1) is 29.7. The van der Waals surface area contributed by atoms with Gasteiger partial charge >= 0.3 is 6.09 Å². The molecule has 2 aliphatic heterocycles. The van der Waals surface area contributed by atoms with Crippen LogP contribution in [-0.4, -0.2) is 91.4 Å². The monoisotopic (exact) mass is 867 g/mol. The average Bonchev–Trinajstić information content (AvgIpc) is 4.20. The van der Waals surface area contributed by atoms with Gasteiger partial charge in [0.05, 0.1) is 36.7 Å². The van der Waals surface area contributed by atoms with Crippen LogP contribution < -0.4 is 24.8 Å². The van der Waals surface area contributed by atoms with Crippen LogP contribution in [0.15, 0.2) is 67.3 Å². The molecule has 0 unspecified atom stereocenters. The number of ether oxygens (including phenoxy) is 3. The molecule has 5 atom stereocenters. The molecular formula is C47H57N5O9S. The van der Waals surface area contributed by atoms with Crippen molar-refractivity contribution in [1.29, 1.82) is 0 Å². The van der Waals surface area contributed by atoms with E-state index in [1.54, 1.807) is 7.11 Å². The zero-order valence-electron chi connectivity index (χ0n) is 35.7. The quantitative estimate of drug-likeness (QED) is 0.203. The number of methoxy groups -OCH3 is 1. The fourth-order valence-corrected chi connectivity index (χ4v) is 10.6. The number of benzene rings is 2. The summed E-state index contributed by atoms with van der Waals surface area (Å²) in [6, 6.07) is 13.3. The van der Waals surface area contributed by atoms with Crippen molar-refractivity contribution in [2.24, 2.45) is 17.3 Å². The van der Waals surface area contributed by atoms with Crippen molar-refractivity contribution in [1.82, 2.24) is 25.2 Å². The molecule has 1 saturated heterocycles. The minimum absolute atomic E-state index is 0.0164. The maximum atomic E-state index is 15.1. The Kier molecular flexibility index (Phi) is 12.1. The highest BCUT2D eigenvalue weighted by Gasteiger charge is 2.62. The lowest BCUT2D eigenvalue weighted by molar-refractivity contribution is -0.142. The van der Waals surface area contributed by atoms with E-state index >= 15 is 4.79 Å². The van der Waals surface area contributed by atoms with Crippen LogP contribution in [-0.2, 0) is 29.1 Å². The molecule has 5 aliphatic rings. The standard InChI is InChI=1S/C47H57N5O9S/c1-5-32-26-47(32,44(55)51-62(57,58)34-19-20-34)50-42(53)38-23-33-27-52(38)43(54)41(30-16-10-7-11-17-30)49-45(56)60-28-46(2,3)21-13-12-18-31-22-35-37(25-39(31)59-4)48-36(24-40(35)61-33)29-14-8-6-9-15-29/h5-6,8-9,12,14-15,18,22,24-25,30,32-34,38,41H,1,7,10-11,13,16-17,19-21,23,26-28H2,2-4H3,(H,49,56)(H,50,53)(H,51,55)/t32-,33-,38+,41+,47-/m1/s1. The molecule has 3 heterocycles. The number of aromatic nitrogens is 1. The van der Waals surface area contributed by atoms with E-state index in [0.717, 1.165) is 30.4 Å². The maximum Gasteiger partial charge on any atom is 0.407 e. The second kappa shape index (κ2) is 17.4. The largest absolute Gasteiger partial charge is 0.496 e. The topological polar surface area (TPSA) is 182 Å². The summed E-state index contributed by atoms with van der Waals surface area (Å²) in [6.07, 6.45) is 10.9. The third-order valence-electron chi connectivity index (χ3n) is 13.1. The molecule has 4 fully saturated rings. The van der Waals surface area contributed by atoms with Gasteiger partial charge in [0.25, 0.3) is 5.91 Å². The lowest BCUT2D eigenvalue weighted by Gasteiger charge is -2.35. The van der Waals surface area contributed by atoms with Gasteiger partial charge < -0.3 is 29.7 Å². The number of pyridine rings is 1. The van der Waals surface area contributed by atoms with Gasteiger partial charge in [0.2, 0.25) is 21.8 Å². The number of rotatable bonds is 9. The SMILES string of the molecule is C=C[C@@H]1C[C@]1(NC(=O)[C@@H]1C[C@@H]2CN1C(=O)[C@H](C1CCCCC1)NC(=O)OCC(C)(C)CCC=Cc1cc3c(cc(-c4ccccc4)nc3cc1OC)O2)C(=O)NS(=O)(=O)C1CC1.